The summed E-state index contributed by atoms with van der Waals surface area (Å²) in [6.07, 6.45) is 60.4. The molecular weight excluding hydrogens is 758 g/mol. The molecule has 0 saturated carbocycles. The Hall–Kier alpha value is -2.32. The molecule has 0 bridgehead atoms. The van der Waals surface area contributed by atoms with E-state index in [1.165, 1.54) is 96.3 Å². The van der Waals surface area contributed by atoms with Gasteiger partial charge in [0.05, 0.1) is 19.8 Å². The highest BCUT2D eigenvalue weighted by Gasteiger charge is 2.25. The van der Waals surface area contributed by atoms with E-state index in [-0.39, 0.29) is 38.8 Å². The predicted molar refractivity (Wildman–Crippen MR) is 251 cm³/mol. The van der Waals surface area contributed by atoms with Crippen molar-refractivity contribution in [3.05, 3.63) is 85.1 Å². The summed E-state index contributed by atoms with van der Waals surface area (Å²) in [6, 6.07) is 0. The second kappa shape index (κ2) is 46.7. The molecule has 0 spiro atoms. The normalized spacial score (nSPS) is 14.2. The molecule has 3 N–H and O–H groups in total. The van der Waals surface area contributed by atoms with Crippen molar-refractivity contribution >= 4 is 13.8 Å². The molecule has 0 aliphatic carbocycles. The molecule has 0 fully saturated rings. The van der Waals surface area contributed by atoms with Gasteiger partial charge in [0.25, 0.3) is 0 Å². The molecule has 8 nitrogen and oxygen atoms in total. The minimum Gasteiger partial charge on any atom is -0.457 e. The molecule has 0 saturated heterocycles. The van der Waals surface area contributed by atoms with E-state index in [2.05, 4.69) is 98.9 Å². The van der Waals surface area contributed by atoms with Crippen molar-refractivity contribution in [2.75, 3.05) is 33.0 Å². The Labute approximate surface area is 362 Å². The maximum Gasteiger partial charge on any atom is 0.472 e. The Morgan fingerprint density at radius 3 is 1.36 bits per heavy atom. The molecule has 9 heteroatoms. The number of ether oxygens (including phenoxy) is 2. The number of phosphoric acid groups is 1. The average Bonchev–Trinajstić information content (AvgIpc) is 3.23. The summed E-state index contributed by atoms with van der Waals surface area (Å²) in [5.41, 5.74) is 5.37. The number of allylic oxidation sites excluding steroid dienone is 14. The van der Waals surface area contributed by atoms with Gasteiger partial charge in [0.2, 0.25) is 0 Å². The van der Waals surface area contributed by atoms with Crippen LogP contribution in [0.25, 0.3) is 0 Å². The fourth-order valence-electron chi connectivity index (χ4n) is 6.16. The van der Waals surface area contributed by atoms with E-state index in [1.54, 1.807) is 0 Å². The van der Waals surface area contributed by atoms with Gasteiger partial charge in [0, 0.05) is 19.6 Å². The van der Waals surface area contributed by atoms with Gasteiger partial charge in [-0.2, -0.15) is 0 Å². The predicted octanol–water partition coefficient (Wildman–Crippen LogP) is 14.5. The topological polar surface area (TPSA) is 117 Å². The Balaban J connectivity index is 4.12. The van der Waals surface area contributed by atoms with Crippen molar-refractivity contribution in [2.45, 2.75) is 193 Å². The van der Waals surface area contributed by atoms with Crippen LogP contribution in [-0.4, -0.2) is 49.9 Å². The molecular formula is C50H88NO7P. The maximum atomic E-state index is 12.6. The molecule has 0 rings (SSSR count). The zero-order chi connectivity index (χ0) is 43.0. The molecule has 0 aromatic heterocycles. The first-order valence-electron chi connectivity index (χ1n) is 23.6. The minimum absolute atomic E-state index is 0.0879. The van der Waals surface area contributed by atoms with Gasteiger partial charge < -0.3 is 20.1 Å². The number of carbonyl (C=O) groups is 1. The van der Waals surface area contributed by atoms with E-state index in [1.807, 2.05) is 0 Å². The van der Waals surface area contributed by atoms with Crippen molar-refractivity contribution in [3.8, 4) is 0 Å². The lowest BCUT2D eigenvalue weighted by Gasteiger charge is -2.20. The molecule has 2 unspecified atom stereocenters. The second-order valence-corrected chi connectivity index (χ2v) is 16.7. The zero-order valence-electron chi connectivity index (χ0n) is 37.7. The number of phosphoric ester groups is 1. The molecule has 0 amide bonds. The van der Waals surface area contributed by atoms with Crippen LogP contribution in [0.5, 0.6) is 0 Å². The van der Waals surface area contributed by atoms with Crippen LogP contribution in [0.2, 0.25) is 0 Å². The van der Waals surface area contributed by atoms with Crippen LogP contribution in [-0.2, 0) is 27.9 Å². The van der Waals surface area contributed by atoms with E-state index in [9.17, 15) is 14.3 Å². The first-order valence-corrected chi connectivity index (χ1v) is 25.1. The number of esters is 1. The Morgan fingerprint density at radius 1 is 0.525 bits per heavy atom. The Morgan fingerprint density at radius 2 is 0.932 bits per heavy atom. The maximum absolute atomic E-state index is 12.6. The third-order valence-electron chi connectivity index (χ3n) is 9.58. The fourth-order valence-corrected chi connectivity index (χ4v) is 6.93. The van der Waals surface area contributed by atoms with Crippen LogP contribution in [0.4, 0.5) is 0 Å². The van der Waals surface area contributed by atoms with Gasteiger partial charge in [-0.15, -0.1) is 0 Å². The zero-order valence-corrected chi connectivity index (χ0v) is 38.6. The summed E-state index contributed by atoms with van der Waals surface area (Å²) in [4.78, 5) is 22.5. The Kier molecular flexibility index (Phi) is 44.9. The first-order chi connectivity index (χ1) is 28.9. The molecule has 0 radical (unpaired) electrons. The molecule has 2 atom stereocenters. The van der Waals surface area contributed by atoms with Gasteiger partial charge in [-0.3, -0.25) is 13.8 Å². The molecule has 0 aromatic rings. The highest BCUT2D eigenvalue weighted by atomic mass is 31.2. The van der Waals surface area contributed by atoms with Crippen LogP contribution in [0.1, 0.15) is 187 Å². The van der Waals surface area contributed by atoms with Gasteiger partial charge in [0.15, 0.2) is 0 Å². The van der Waals surface area contributed by atoms with Crippen molar-refractivity contribution < 1.29 is 32.8 Å². The van der Waals surface area contributed by atoms with Crippen molar-refractivity contribution in [1.82, 2.24) is 0 Å². The van der Waals surface area contributed by atoms with Gasteiger partial charge in [-0.1, -0.05) is 202 Å². The summed E-state index contributed by atoms with van der Waals surface area (Å²) in [5.74, 6) is -0.388. The van der Waals surface area contributed by atoms with Gasteiger partial charge in [-0.05, 0) is 64.2 Å². The summed E-state index contributed by atoms with van der Waals surface area (Å²) in [6.45, 7) is 4.73. The lowest BCUT2D eigenvalue weighted by molar-refractivity contribution is -0.154. The standard InChI is InChI=1S/C50H88NO7P/c1-3-5-7-9-11-13-15-17-19-21-22-23-24-25-26-27-29-31-33-35-37-39-41-43-50(52)58-49(48-57-59(53,54)56-46-44-51)47-55-45-42-40-38-36-34-32-30-28-20-18-16-14-12-10-8-6-4-2/h5,7,11,13,17,19,22-23,25-26,29,31,35,37,49H,3-4,6,8-10,12,14-16,18,20-21,24,27-28,30,32-34,36,38-48,51H2,1-2H3,(H,53,54)/b7-5-,13-11-,19-17-,23-22-,26-25-,31-29-,37-35-. The number of hydrogen-bond donors (Lipinski definition) is 2. The molecule has 0 heterocycles. The molecule has 0 aliphatic rings. The summed E-state index contributed by atoms with van der Waals surface area (Å²) in [7, 11) is -4.30. The Bertz CT molecular complexity index is 1180. The van der Waals surface area contributed by atoms with Crippen molar-refractivity contribution in [1.29, 1.82) is 0 Å². The highest BCUT2D eigenvalue weighted by molar-refractivity contribution is 7.47. The average molecular weight is 846 g/mol. The lowest BCUT2D eigenvalue weighted by Crippen LogP contribution is -2.28. The second-order valence-electron chi connectivity index (χ2n) is 15.2. The third kappa shape index (κ3) is 46.6. The fraction of sp³-hybridized carbons (Fsp3) is 0.700. The van der Waals surface area contributed by atoms with Crippen molar-refractivity contribution in [2.24, 2.45) is 5.73 Å². The highest BCUT2D eigenvalue weighted by Crippen LogP contribution is 2.43. The van der Waals surface area contributed by atoms with Crippen LogP contribution < -0.4 is 5.73 Å². The SMILES string of the molecule is CC/C=C\C/C=C\C/C=C\C/C=C\C/C=C\C/C=C\C/C=C\CCCC(=O)OC(COCCCCCCCCCCCCCCCCCCC)COP(=O)(O)OCCN. The monoisotopic (exact) mass is 846 g/mol. The van der Waals surface area contributed by atoms with E-state index in [4.69, 9.17) is 24.3 Å². The quantitative estimate of drug-likeness (QED) is 0.0269. The number of carbonyl (C=O) groups excluding carboxylic acids is 1. The molecule has 0 aromatic carbocycles. The molecule has 340 valence electrons. The van der Waals surface area contributed by atoms with Crippen LogP contribution >= 0.6 is 7.82 Å². The number of unbranched alkanes of at least 4 members (excludes halogenated alkanes) is 17. The van der Waals surface area contributed by atoms with Gasteiger partial charge in [0.1, 0.15) is 6.10 Å². The summed E-state index contributed by atoms with van der Waals surface area (Å²) >= 11 is 0. The van der Waals surface area contributed by atoms with Crippen LogP contribution in [0.15, 0.2) is 85.1 Å². The molecule has 0 aliphatic heterocycles. The number of rotatable bonds is 44. The molecule has 59 heavy (non-hydrogen) atoms. The summed E-state index contributed by atoms with van der Waals surface area (Å²) < 4.78 is 33.4. The first kappa shape index (κ1) is 56.7. The largest absolute Gasteiger partial charge is 0.472 e. The van der Waals surface area contributed by atoms with E-state index in [0.29, 0.717) is 13.0 Å². The van der Waals surface area contributed by atoms with Crippen LogP contribution in [0, 0.1) is 0 Å². The summed E-state index contributed by atoms with van der Waals surface area (Å²) in [5, 5.41) is 0. The lowest BCUT2D eigenvalue weighted by atomic mass is 10.0. The van der Waals surface area contributed by atoms with E-state index in [0.717, 1.165) is 64.2 Å². The van der Waals surface area contributed by atoms with Crippen molar-refractivity contribution in [3.63, 3.8) is 0 Å². The van der Waals surface area contributed by atoms with Gasteiger partial charge in [-0.25, -0.2) is 4.57 Å². The van der Waals surface area contributed by atoms with Crippen LogP contribution in [0.3, 0.4) is 0 Å². The van der Waals surface area contributed by atoms with E-state index < -0.39 is 13.9 Å². The number of hydrogen-bond acceptors (Lipinski definition) is 7. The van der Waals surface area contributed by atoms with E-state index >= 15 is 0 Å². The smallest absolute Gasteiger partial charge is 0.457 e. The number of nitrogens with two attached hydrogens (primary N) is 1. The third-order valence-corrected chi connectivity index (χ3v) is 10.6. The van der Waals surface area contributed by atoms with Gasteiger partial charge >= 0.3 is 13.8 Å². The minimum atomic E-state index is -4.30.